The van der Waals surface area contributed by atoms with Crippen molar-refractivity contribution in [1.82, 2.24) is 4.90 Å². The molecular formula is C14H21N3O3S. The normalized spacial score (nSPS) is 23.9. The molecule has 0 spiro atoms. The van der Waals surface area contributed by atoms with E-state index in [2.05, 4.69) is 0 Å². The summed E-state index contributed by atoms with van der Waals surface area (Å²) in [5.41, 5.74) is 11.0. The molecule has 2 rings (SSSR count). The molecule has 0 radical (unpaired) electrons. The number of sulfone groups is 1. The van der Waals surface area contributed by atoms with Crippen LogP contribution < -0.4 is 11.5 Å². The summed E-state index contributed by atoms with van der Waals surface area (Å²) in [4.78, 5) is 13.7. The molecule has 1 aromatic rings. The van der Waals surface area contributed by atoms with E-state index in [1.807, 2.05) is 11.0 Å². The quantitative estimate of drug-likeness (QED) is 0.758. The van der Waals surface area contributed by atoms with E-state index in [0.29, 0.717) is 12.0 Å². The highest BCUT2D eigenvalue weighted by atomic mass is 32.2. The van der Waals surface area contributed by atoms with Crippen LogP contribution in [0.2, 0.25) is 0 Å². The molecule has 4 N–H and O–H groups in total. The topological polar surface area (TPSA) is 106 Å². The molecule has 6 nitrogen and oxygen atoms in total. The maximum absolute atomic E-state index is 11.9. The van der Waals surface area contributed by atoms with Gasteiger partial charge in [-0.05, 0) is 19.0 Å². The van der Waals surface area contributed by atoms with Gasteiger partial charge in [0, 0.05) is 12.6 Å². The predicted molar refractivity (Wildman–Crippen MR) is 81.2 cm³/mol. The van der Waals surface area contributed by atoms with Gasteiger partial charge in [-0.25, -0.2) is 8.42 Å². The van der Waals surface area contributed by atoms with Gasteiger partial charge in [0.2, 0.25) is 5.91 Å². The molecular weight excluding hydrogens is 290 g/mol. The minimum absolute atomic E-state index is 0.104. The fraction of sp³-hybridized carbons (Fsp3) is 0.500. The third-order valence-corrected chi connectivity index (χ3v) is 5.81. The van der Waals surface area contributed by atoms with Crippen LogP contribution in [0.5, 0.6) is 0 Å². The number of primary amides is 1. The number of rotatable bonds is 5. The molecule has 2 unspecified atom stereocenters. The molecule has 1 heterocycles. The van der Waals surface area contributed by atoms with Crippen molar-refractivity contribution in [1.29, 1.82) is 0 Å². The van der Waals surface area contributed by atoms with Crippen molar-refractivity contribution < 1.29 is 13.2 Å². The molecule has 116 valence electrons. The van der Waals surface area contributed by atoms with E-state index in [0.717, 1.165) is 0 Å². The van der Waals surface area contributed by atoms with Gasteiger partial charge < -0.3 is 11.5 Å². The molecule has 21 heavy (non-hydrogen) atoms. The highest BCUT2D eigenvalue weighted by Gasteiger charge is 2.39. The first-order valence-electron chi connectivity index (χ1n) is 6.79. The number of benzene rings is 1. The fourth-order valence-electron chi connectivity index (χ4n) is 2.69. The molecule has 1 saturated heterocycles. The standard InChI is InChI=1S/C14H21N3O3S/c1-17(12-7-8-21(19,20)9-12)10-14(16,13(15)18)11-5-3-2-4-6-11/h2-6,12H,7-10,16H2,1H3,(H2,15,18). The Morgan fingerprint density at radius 3 is 2.48 bits per heavy atom. The second-order valence-corrected chi connectivity index (χ2v) is 7.90. The van der Waals surface area contributed by atoms with Crippen LogP contribution in [0.1, 0.15) is 12.0 Å². The van der Waals surface area contributed by atoms with E-state index in [-0.39, 0.29) is 24.1 Å². The lowest BCUT2D eigenvalue weighted by atomic mass is 9.89. The van der Waals surface area contributed by atoms with Crippen LogP contribution in [-0.2, 0) is 20.2 Å². The van der Waals surface area contributed by atoms with E-state index in [1.165, 1.54) is 0 Å². The fourth-order valence-corrected chi connectivity index (χ4v) is 4.50. The first-order valence-corrected chi connectivity index (χ1v) is 8.62. The van der Waals surface area contributed by atoms with Crippen molar-refractivity contribution in [3.05, 3.63) is 35.9 Å². The van der Waals surface area contributed by atoms with Gasteiger partial charge in [0.25, 0.3) is 0 Å². The second kappa shape index (κ2) is 5.75. The largest absolute Gasteiger partial charge is 0.368 e. The summed E-state index contributed by atoms with van der Waals surface area (Å²) in [7, 11) is -1.20. The van der Waals surface area contributed by atoms with Crippen LogP contribution in [0.3, 0.4) is 0 Å². The van der Waals surface area contributed by atoms with Crippen molar-refractivity contribution in [3.63, 3.8) is 0 Å². The number of carbonyl (C=O) groups is 1. The maximum Gasteiger partial charge on any atom is 0.243 e. The van der Waals surface area contributed by atoms with E-state index in [1.54, 1.807) is 31.3 Å². The molecule has 1 fully saturated rings. The molecule has 7 heteroatoms. The number of hydrogen-bond donors (Lipinski definition) is 2. The smallest absolute Gasteiger partial charge is 0.243 e. The number of hydrogen-bond acceptors (Lipinski definition) is 5. The Morgan fingerprint density at radius 2 is 2.00 bits per heavy atom. The lowest BCUT2D eigenvalue weighted by Gasteiger charge is -2.34. The lowest BCUT2D eigenvalue weighted by molar-refractivity contribution is -0.124. The summed E-state index contributed by atoms with van der Waals surface area (Å²) < 4.78 is 23.1. The zero-order valence-electron chi connectivity index (χ0n) is 12.0. The van der Waals surface area contributed by atoms with Crippen LogP contribution in [0.4, 0.5) is 0 Å². The van der Waals surface area contributed by atoms with Crippen molar-refractivity contribution in [3.8, 4) is 0 Å². The van der Waals surface area contributed by atoms with Gasteiger partial charge in [0.15, 0.2) is 9.84 Å². The third-order valence-electron chi connectivity index (χ3n) is 4.06. The Labute approximate surface area is 125 Å². The van der Waals surface area contributed by atoms with Crippen LogP contribution in [0.25, 0.3) is 0 Å². The Bertz CT molecular complexity index is 618. The zero-order chi connectivity index (χ0) is 15.7. The minimum atomic E-state index is -2.98. The van der Waals surface area contributed by atoms with Gasteiger partial charge in [0.05, 0.1) is 11.5 Å². The van der Waals surface area contributed by atoms with E-state index in [9.17, 15) is 13.2 Å². The summed E-state index contributed by atoms with van der Waals surface area (Å²) in [5.74, 6) is -0.337. The van der Waals surface area contributed by atoms with Crippen LogP contribution in [0, 0.1) is 0 Å². The van der Waals surface area contributed by atoms with E-state index in [4.69, 9.17) is 11.5 Å². The number of nitrogens with two attached hydrogens (primary N) is 2. The number of nitrogens with zero attached hydrogens (tertiary/aromatic N) is 1. The Balaban J connectivity index is 2.19. The van der Waals surface area contributed by atoms with Crippen LogP contribution >= 0.6 is 0 Å². The van der Waals surface area contributed by atoms with Gasteiger partial charge in [-0.2, -0.15) is 0 Å². The highest BCUT2D eigenvalue weighted by molar-refractivity contribution is 7.91. The van der Waals surface area contributed by atoms with E-state index < -0.39 is 21.3 Å². The molecule has 1 aliphatic rings. The van der Waals surface area contributed by atoms with E-state index >= 15 is 0 Å². The number of likely N-dealkylation sites (N-methyl/N-ethyl adjacent to an activating group) is 1. The third kappa shape index (κ3) is 3.42. The van der Waals surface area contributed by atoms with Gasteiger partial charge in [0.1, 0.15) is 5.54 Å². The Hall–Kier alpha value is -1.44. The zero-order valence-corrected chi connectivity index (χ0v) is 12.8. The molecule has 0 bridgehead atoms. The van der Waals surface area contributed by atoms with Crippen molar-refractivity contribution >= 4 is 15.7 Å². The number of amides is 1. The molecule has 1 amide bonds. The van der Waals surface area contributed by atoms with Gasteiger partial charge in [-0.15, -0.1) is 0 Å². The summed E-state index contributed by atoms with van der Waals surface area (Å²) in [6, 6.07) is 8.80. The first-order chi connectivity index (χ1) is 9.74. The minimum Gasteiger partial charge on any atom is -0.368 e. The lowest BCUT2D eigenvalue weighted by Crippen LogP contribution is -2.57. The van der Waals surface area contributed by atoms with Crippen molar-refractivity contribution in [2.24, 2.45) is 11.5 Å². The van der Waals surface area contributed by atoms with Crippen molar-refractivity contribution in [2.75, 3.05) is 25.1 Å². The SMILES string of the molecule is CN(CC(N)(C(N)=O)c1ccccc1)C1CCS(=O)(=O)C1. The van der Waals surface area contributed by atoms with Gasteiger partial charge >= 0.3 is 0 Å². The molecule has 1 aliphatic heterocycles. The maximum atomic E-state index is 11.9. The highest BCUT2D eigenvalue weighted by Crippen LogP contribution is 2.23. The van der Waals surface area contributed by atoms with Crippen molar-refractivity contribution in [2.45, 2.75) is 18.0 Å². The average Bonchev–Trinajstić information content (AvgIpc) is 2.80. The molecule has 1 aromatic carbocycles. The molecule has 0 aromatic heterocycles. The second-order valence-electron chi connectivity index (χ2n) is 5.67. The predicted octanol–water partition coefficient (Wildman–Crippen LogP) is -0.555. The summed E-state index contributed by atoms with van der Waals surface area (Å²) >= 11 is 0. The Kier molecular flexibility index (Phi) is 4.36. The van der Waals surface area contributed by atoms with Crippen LogP contribution in [0.15, 0.2) is 30.3 Å². The van der Waals surface area contributed by atoms with Gasteiger partial charge in [-0.1, -0.05) is 30.3 Å². The number of carbonyl (C=O) groups excluding carboxylic acids is 1. The summed E-state index contributed by atoms with van der Waals surface area (Å²) in [6.07, 6.45) is 0.558. The monoisotopic (exact) mass is 311 g/mol. The summed E-state index contributed by atoms with van der Waals surface area (Å²) in [5, 5.41) is 0. The molecule has 0 saturated carbocycles. The van der Waals surface area contributed by atoms with Crippen LogP contribution in [-0.4, -0.2) is 50.4 Å². The Morgan fingerprint density at radius 1 is 1.38 bits per heavy atom. The molecule has 2 atom stereocenters. The molecule has 0 aliphatic carbocycles. The van der Waals surface area contributed by atoms with Gasteiger partial charge in [-0.3, -0.25) is 9.69 Å². The first kappa shape index (κ1) is 15.9. The summed E-state index contributed by atoms with van der Waals surface area (Å²) in [6.45, 7) is 0.187. The average molecular weight is 311 g/mol.